The number of nitrogens with one attached hydrogen (secondary N) is 1. The summed E-state index contributed by atoms with van der Waals surface area (Å²) in [6, 6.07) is 2.10. The Hall–Kier alpha value is 0.100. The van der Waals surface area contributed by atoms with E-state index in [1.165, 1.54) is 41.5 Å². The summed E-state index contributed by atoms with van der Waals surface area (Å²) in [5.74, 6) is 0. The molecular formula is C12H19BrN2S. The van der Waals surface area contributed by atoms with E-state index in [2.05, 4.69) is 32.7 Å². The smallest absolute Gasteiger partial charge is 0.0327 e. The molecule has 3 N–H and O–H groups in total. The van der Waals surface area contributed by atoms with E-state index in [9.17, 15) is 0 Å². The van der Waals surface area contributed by atoms with E-state index >= 15 is 0 Å². The van der Waals surface area contributed by atoms with Gasteiger partial charge in [0.2, 0.25) is 0 Å². The first-order chi connectivity index (χ1) is 7.70. The molecule has 2 rings (SSSR count). The fourth-order valence-electron chi connectivity index (χ4n) is 2.31. The number of thiophene rings is 1. The standard InChI is InChI=1S/C12H19BrN2S/c13-10-4-7-16-11(10)8-15-9-12(14)5-2-1-3-6-12/h4,7,15H,1-3,5-6,8-9,14H2. The normalized spacial score (nSPS) is 19.9. The fraction of sp³-hybridized carbons (Fsp3) is 0.667. The zero-order valence-electron chi connectivity index (χ0n) is 9.47. The summed E-state index contributed by atoms with van der Waals surface area (Å²) in [6.07, 6.45) is 6.29. The molecule has 1 fully saturated rings. The summed E-state index contributed by atoms with van der Waals surface area (Å²) in [6.45, 7) is 1.87. The van der Waals surface area contributed by atoms with E-state index in [0.717, 1.165) is 13.1 Å². The Labute approximate surface area is 110 Å². The van der Waals surface area contributed by atoms with Gasteiger partial charge in [0.15, 0.2) is 0 Å². The molecule has 0 radical (unpaired) electrons. The molecular weight excluding hydrogens is 284 g/mol. The van der Waals surface area contributed by atoms with Crippen LogP contribution in [0.4, 0.5) is 0 Å². The molecule has 1 saturated carbocycles. The summed E-state index contributed by atoms with van der Waals surface area (Å²) < 4.78 is 1.21. The largest absolute Gasteiger partial charge is 0.324 e. The minimum absolute atomic E-state index is 0.0436. The molecule has 0 bridgehead atoms. The van der Waals surface area contributed by atoms with Gasteiger partial charge in [0.05, 0.1) is 0 Å². The topological polar surface area (TPSA) is 38.0 Å². The van der Waals surface area contributed by atoms with Crippen molar-refractivity contribution in [2.75, 3.05) is 6.54 Å². The second kappa shape index (κ2) is 5.63. The molecule has 1 aliphatic carbocycles. The van der Waals surface area contributed by atoms with Gasteiger partial charge in [-0.1, -0.05) is 19.3 Å². The lowest BCUT2D eigenvalue weighted by atomic mass is 9.82. The van der Waals surface area contributed by atoms with Crippen molar-refractivity contribution in [3.8, 4) is 0 Å². The van der Waals surface area contributed by atoms with Crippen LogP contribution < -0.4 is 11.1 Å². The molecule has 0 amide bonds. The van der Waals surface area contributed by atoms with Crippen molar-refractivity contribution in [3.63, 3.8) is 0 Å². The van der Waals surface area contributed by atoms with Crippen molar-refractivity contribution in [2.45, 2.75) is 44.2 Å². The van der Waals surface area contributed by atoms with Crippen LogP contribution in [-0.2, 0) is 6.54 Å². The number of hydrogen-bond donors (Lipinski definition) is 2. The van der Waals surface area contributed by atoms with E-state index in [4.69, 9.17) is 5.73 Å². The van der Waals surface area contributed by atoms with Gasteiger partial charge < -0.3 is 11.1 Å². The highest BCUT2D eigenvalue weighted by molar-refractivity contribution is 9.10. The minimum atomic E-state index is 0.0436. The Bertz CT molecular complexity index is 332. The molecule has 0 aromatic carbocycles. The van der Waals surface area contributed by atoms with Crippen molar-refractivity contribution >= 4 is 27.3 Å². The highest BCUT2D eigenvalue weighted by Crippen LogP contribution is 2.26. The Morgan fingerprint density at radius 1 is 1.38 bits per heavy atom. The van der Waals surface area contributed by atoms with Gasteiger partial charge in [0.25, 0.3) is 0 Å². The first kappa shape index (κ1) is 12.6. The Kier molecular flexibility index (Phi) is 4.41. The van der Waals surface area contributed by atoms with Crippen LogP contribution in [0.15, 0.2) is 15.9 Å². The average Bonchev–Trinajstić information content (AvgIpc) is 2.65. The van der Waals surface area contributed by atoms with E-state index in [0.29, 0.717) is 0 Å². The van der Waals surface area contributed by atoms with Crippen LogP contribution in [0.2, 0.25) is 0 Å². The Morgan fingerprint density at radius 2 is 2.12 bits per heavy atom. The van der Waals surface area contributed by atoms with Crippen molar-refractivity contribution in [1.29, 1.82) is 0 Å². The third-order valence-electron chi connectivity index (χ3n) is 3.30. The van der Waals surface area contributed by atoms with Gasteiger partial charge in [0, 0.05) is 28.0 Å². The van der Waals surface area contributed by atoms with Gasteiger partial charge in [-0.2, -0.15) is 0 Å². The van der Waals surface area contributed by atoms with Crippen LogP contribution in [0, 0.1) is 0 Å². The van der Waals surface area contributed by atoms with E-state index in [-0.39, 0.29) is 5.54 Å². The molecule has 1 aromatic rings. The summed E-state index contributed by atoms with van der Waals surface area (Å²) in [5, 5.41) is 5.61. The van der Waals surface area contributed by atoms with Crippen LogP contribution in [0.25, 0.3) is 0 Å². The molecule has 16 heavy (non-hydrogen) atoms. The van der Waals surface area contributed by atoms with Crippen LogP contribution in [-0.4, -0.2) is 12.1 Å². The van der Waals surface area contributed by atoms with Gasteiger partial charge in [-0.25, -0.2) is 0 Å². The monoisotopic (exact) mass is 302 g/mol. The zero-order chi connectivity index (χ0) is 11.4. The molecule has 90 valence electrons. The van der Waals surface area contributed by atoms with Crippen molar-refractivity contribution < 1.29 is 0 Å². The second-order valence-corrected chi connectivity index (χ2v) is 6.57. The maximum Gasteiger partial charge on any atom is 0.0327 e. The lowest BCUT2D eigenvalue weighted by Gasteiger charge is -2.33. The Morgan fingerprint density at radius 3 is 2.75 bits per heavy atom. The van der Waals surface area contributed by atoms with Crippen molar-refractivity contribution in [1.82, 2.24) is 5.32 Å². The van der Waals surface area contributed by atoms with E-state index in [1.807, 2.05) is 0 Å². The molecule has 1 aliphatic rings. The van der Waals surface area contributed by atoms with Gasteiger partial charge in [-0.3, -0.25) is 0 Å². The van der Waals surface area contributed by atoms with Gasteiger partial charge in [-0.05, 0) is 40.2 Å². The van der Waals surface area contributed by atoms with Crippen LogP contribution in [0.5, 0.6) is 0 Å². The highest BCUT2D eigenvalue weighted by atomic mass is 79.9. The maximum atomic E-state index is 6.37. The molecule has 0 aliphatic heterocycles. The second-order valence-electron chi connectivity index (χ2n) is 4.72. The molecule has 0 atom stereocenters. The summed E-state index contributed by atoms with van der Waals surface area (Å²) in [4.78, 5) is 1.36. The number of nitrogens with two attached hydrogens (primary N) is 1. The zero-order valence-corrected chi connectivity index (χ0v) is 11.9. The first-order valence-electron chi connectivity index (χ1n) is 5.91. The predicted molar refractivity (Wildman–Crippen MR) is 73.7 cm³/mol. The van der Waals surface area contributed by atoms with Crippen molar-refractivity contribution in [3.05, 3.63) is 20.8 Å². The molecule has 1 heterocycles. The first-order valence-corrected chi connectivity index (χ1v) is 7.58. The van der Waals surface area contributed by atoms with Crippen LogP contribution in [0.3, 0.4) is 0 Å². The summed E-state index contributed by atoms with van der Waals surface area (Å²) >= 11 is 5.33. The van der Waals surface area contributed by atoms with E-state index in [1.54, 1.807) is 11.3 Å². The predicted octanol–water partition coefficient (Wildman–Crippen LogP) is 3.26. The molecule has 2 nitrogen and oxygen atoms in total. The number of halogens is 1. The average molecular weight is 303 g/mol. The minimum Gasteiger partial charge on any atom is -0.324 e. The van der Waals surface area contributed by atoms with Gasteiger partial charge >= 0.3 is 0 Å². The Balaban J connectivity index is 1.77. The SMILES string of the molecule is NC1(CNCc2sccc2Br)CCCCC1. The molecule has 4 heteroatoms. The quantitative estimate of drug-likeness (QED) is 0.896. The third kappa shape index (κ3) is 3.29. The maximum absolute atomic E-state index is 6.37. The fourth-order valence-corrected chi connectivity index (χ4v) is 3.77. The van der Waals surface area contributed by atoms with Gasteiger partial charge in [-0.15, -0.1) is 11.3 Å². The number of hydrogen-bond acceptors (Lipinski definition) is 3. The number of rotatable bonds is 4. The molecule has 0 unspecified atom stereocenters. The van der Waals surface area contributed by atoms with Crippen LogP contribution in [0.1, 0.15) is 37.0 Å². The summed E-state index contributed by atoms with van der Waals surface area (Å²) in [5.41, 5.74) is 6.41. The van der Waals surface area contributed by atoms with E-state index < -0.39 is 0 Å². The molecule has 0 spiro atoms. The molecule has 1 aromatic heterocycles. The van der Waals surface area contributed by atoms with Crippen LogP contribution >= 0.6 is 27.3 Å². The highest BCUT2D eigenvalue weighted by Gasteiger charge is 2.26. The van der Waals surface area contributed by atoms with Crippen molar-refractivity contribution in [2.24, 2.45) is 5.73 Å². The lowest BCUT2D eigenvalue weighted by molar-refractivity contribution is 0.283. The molecule has 0 saturated heterocycles. The lowest BCUT2D eigenvalue weighted by Crippen LogP contribution is -2.49. The third-order valence-corrected chi connectivity index (χ3v) is 5.23. The van der Waals surface area contributed by atoms with Gasteiger partial charge in [0.1, 0.15) is 0 Å². The summed E-state index contributed by atoms with van der Waals surface area (Å²) in [7, 11) is 0.